The molecule has 3 heterocycles. The minimum atomic E-state index is 0.0252. The standard InChI is InChI=1S/C26H31N5O2S/c32-25(28-19-9-10-19)18-7-5-17(6-8-18)15-27-24-23-20-3-1-2-4-21(20)34-26(23)30-22(29-24)16-31-11-13-33-14-12-31/h5-8,19H,1-4,9-16H2,(H,28,32)(H,27,29,30). The Morgan fingerprint density at radius 1 is 1.09 bits per heavy atom. The maximum absolute atomic E-state index is 12.3. The van der Waals surface area contributed by atoms with Gasteiger partial charge in [-0.2, -0.15) is 0 Å². The van der Waals surface area contributed by atoms with Crippen molar-refractivity contribution in [1.82, 2.24) is 20.2 Å². The van der Waals surface area contributed by atoms with Crippen molar-refractivity contribution in [2.45, 2.75) is 57.7 Å². The van der Waals surface area contributed by atoms with Crippen LogP contribution >= 0.6 is 11.3 Å². The molecule has 1 saturated heterocycles. The van der Waals surface area contributed by atoms with E-state index < -0.39 is 0 Å². The Morgan fingerprint density at radius 3 is 2.68 bits per heavy atom. The normalized spacial score (nSPS) is 18.6. The molecule has 1 aliphatic heterocycles. The van der Waals surface area contributed by atoms with E-state index in [1.807, 2.05) is 35.6 Å². The number of aromatic nitrogens is 2. The molecule has 178 valence electrons. The Balaban J connectivity index is 1.23. The molecule has 1 aromatic carbocycles. The predicted octanol–water partition coefficient (Wildman–Crippen LogP) is 3.91. The van der Waals surface area contributed by atoms with Gasteiger partial charge in [0, 0.05) is 36.1 Å². The molecule has 1 saturated carbocycles. The van der Waals surface area contributed by atoms with Gasteiger partial charge in [-0.25, -0.2) is 9.97 Å². The van der Waals surface area contributed by atoms with E-state index in [0.717, 1.165) is 86.1 Å². The molecule has 2 fully saturated rings. The summed E-state index contributed by atoms with van der Waals surface area (Å²) in [5, 5.41) is 7.89. The van der Waals surface area contributed by atoms with Gasteiger partial charge in [0.2, 0.25) is 0 Å². The number of carbonyl (C=O) groups is 1. The second-order valence-electron chi connectivity index (χ2n) is 9.57. The SMILES string of the molecule is O=C(NC1CC1)c1ccc(CNc2nc(CN3CCOCC3)nc3sc4c(c23)CCCC4)cc1. The number of fused-ring (bicyclic) bond motifs is 3. The Bertz CT molecular complexity index is 1180. The van der Waals surface area contributed by atoms with Gasteiger partial charge < -0.3 is 15.4 Å². The lowest BCUT2D eigenvalue weighted by Gasteiger charge is -2.25. The van der Waals surface area contributed by atoms with Crippen LogP contribution in [-0.4, -0.2) is 53.1 Å². The summed E-state index contributed by atoms with van der Waals surface area (Å²) in [7, 11) is 0. The Morgan fingerprint density at radius 2 is 1.88 bits per heavy atom. The zero-order valence-corrected chi connectivity index (χ0v) is 20.3. The van der Waals surface area contributed by atoms with Crippen LogP contribution in [0.5, 0.6) is 0 Å². The number of nitrogens with zero attached hydrogens (tertiary/aromatic N) is 3. The average Bonchev–Trinajstić information content (AvgIpc) is 3.60. The van der Waals surface area contributed by atoms with Crippen molar-refractivity contribution in [2.75, 3.05) is 31.6 Å². The van der Waals surface area contributed by atoms with Crippen molar-refractivity contribution >= 4 is 33.3 Å². The lowest BCUT2D eigenvalue weighted by atomic mass is 9.97. The van der Waals surface area contributed by atoms with Gasteiger partial charge in [-0.1, -0.05) is 12.1 Å². The van der Waals surface area contributed by atoms with Crippen LogP contribution in [0.15, 0.2) is 24.3 Å². The number of rotatable bonds is 7. The quantitative estimate of drug-likeness (QED) is 0.537. The smallest absolute Gasteiger partial charge is 0.251 e. The second kappa shape index (κ2) is 9.60. The minimum absolute atomic E-state index is 0.0252. The van der Waals surface area contributed by atoms with E-state index in [4.69, 9.17) is 14.7 Å². The van der Waals surface area contributed by atoms with Crippen LogP contribution < -0.4 is 10.6 Å². The lowest BCUT2D eigenvalue weighted by molar-refractivity contribution is 0.0331. The first-order chi connectivity index (χ1) is 16.7. The number of anilines is 1. The van der Waals surface area contributed by atoms with Crippen LogP contribution in [0.2, 0.25) is 0 Å². The summed E-state index contributed by atoms with van der Waals surface area (Å²) in [5.41, 5.74) is 3.30. The third kappa shape index (κ3) is 4.80. The van der Waals surface area contributed by atoms with Crippen LogP contribution in [0.25, 0.3) is 10.2 Å². The van der Waals surface area contributed by atoms with Crippen molar-refractivity contribution in [1.29, 1.82) is 0 Å². The molecule has 3 aliphatic rings. The highest BCUT2D eigenvalue weighted by Crippen LogP contribution is 2.39. The molecule has 8 heteroatoms. The highest BCUT2D eigenvalue weighted by atomic mass is 32.1. The van der Waals surface area contributed by atoms with Gasteiger partial charge in [0.15, 0.2) is 0 Å². The van der Waals surface area contributed by atoms with Crippen LogP contribution in [0.4, 0.5) is 5.82 Å². The first-order valence-corrected chi connectivity index (χ1v) is 13.3. The molecule has 34 heavy (non-hydrogen) atoms. The van der Waals surface area contributed by atoms with Crippen molar-refractivity contribution in [3.63, 3.8) is 0 Å². The van der Waals surface area contributed by atoms with Gasteiger partial charge in [-0.15, -0.1) is 11.3 Å². The first kappa shape index (κ1) is 21.9. The number of benzene rings is 1. The fourth-order valence-electron chi connectivity index (χ4n) is 4.82. The van der Waals surface area contributed by atoms with E-state index in [1.54, 1.807) is 0 Å². The van der Waals surface area contributed by atoms with E-state index in [0.29, 0.717) is 12.6 Å². The van der Waals surface area contributed by atoms with Crippen molar-refractivity contribution in [3.8, 4) is 0 Å². The van der Waals surface area contributed by atoms with E-state index in [1.165, 1.54) is 28.7 Å². The number of hydrogen-bond donors (Lipinski definition) is 2. The maximum atomic E-state index is 12.3. The number of amides is 1. The van der Waals surface area contributed by atoms with Crippen LogP contribution in [0.3, 0.4) is 0 Å². The largest absolute Gasteiger partial charge is 0.379 e. The van der Waals surface area contributed by atoms with Crippen LogP contribution in [-0.2, 0) is 30.7 Å². The number of aryl methyl sites for hydroxylation is 2. The molecule has 0 radical (unpaired) electrons. The summed E-state index contributed by atoms with van der Waals surface area (Å²) in [6.45, 7) is 4.81. The van der Waals surface area contributed by atoms with Gasteiger partial charge >= 0.3 is 0 Å². The molecule has 0 unspecified atom stereocenters. The van der Waals surface area contributed by atoms with E-state index in [2.05, 4.69) is 15.5 Å². The number of nitrogens with one attached hydrogen (secondary N) is 2. The third-order valence-corrected chi connectivity index (χ3v) is 8.10. The molecule has 0 bridgehead atoms. The highest BCUT2D eigenvalue weighted by molar-refractivity contribution is 7.19. The lowest BCUT2D eigenvalue weighted by Crippen LogP contribution is -2.36. The molecular weight excluding hydrogens is 446 g/mol. The molecule has 2 aromatic heterocycles. The molecule has 0 atom stereocenters. The van der Waals surface area contributed by atoms with Gasteiger partial charge in [-0.05, 0) is 61.8 Å². The zero-order valence-electron chi connectivity index (χ0n) is 19.4. The molecule has 6 rings (SSSR count). The Hall–Kier alpha value is -2.55. The molecule has 0 spiro atoms. The number of morpholine rings is 1. The van der Waals surface area contributed by atoms with E-state index in [9.17, 15) is 4.79 Å². The number of ether oxygens (including phenoxy) is 1. The molecule has 2 N–H and O–H groups in total. The number of carbonyl (C=O) groups excluding carboxylic acids is 1. The summed E-state index contributed by atoms with van der Waals surface area (Å²) in [4.78, 5) is 27.2. The fraction of sp³-hybridized carbons (Fsp3) is 0.500. The monoisotopic (exact) mass is 477 g/mol. The predicted molar refractivity (Wildman–Crippen MR) is 134 cm³/mol. The zero-order chi connectivity index (χ0) is 22.9. The summed E-state index contributed by atoms with van der Waals surface area (Å²) in [5.74, 6) is 1.85. The van der Waals surface area contributed by atoms with Gasteiger partial charge in [0.05, 0.1) is 25.1 Å². The van der Waals surface area contributed by atoms with Crippen LogP contribution in [0, 0.1) is 0 Å². The third-order valence-electron chi connectivity index (χ3n) is 6.92. The molecule has 2 aliphatic carbocycles. The highest BCUT2D eigenvalue weighted by Gasteiger charge is 2.24. The summed E-state index contributed by atoms with van der Waals surface area (Å²) >= 11 is 1.85. The average molecular weight is 478 g/mol. The molecular formula is C26H31N5O2S. The van der Waals surface area contributed by atoms with Gasteiger partial charge in [0.25, 0.3) is 5.91 Å². The molecule has 7 nitrogen and oxygen atoms in total. The van der Waals surface area contributed by atoms with E-state index >= 15 is 0 Å². The van der Waals surface area contributed by atoms with Gasteiger partial charge in [0.1, 0.15) is 16.5 Å². The maximum Gasteiger partial charge on any atom is 0.251 e. The minimum Gasteiger partial charge on any atom is -0.379 e. The summed E-state index contributed by atoms with van der Waals surface area (Å²) < 4.78 is 5.50. The molecule has 1 amide bonds. The first-order valence-electron chi connectivity index (χ1n) is 12.5. The summed E-state index contributed by atoms with van der Waals surface area (Å²) in [6, 6.07) is 8.27. The second-order valence-corrected chi connectivity index (χ2v) is 10.6. The summed E-state index contributed by atoms with van der Waals surface area (Å²) in [6.07, 6.45) is 6.96. The Kier molecular flexibility index (Phi) is 6.20. The van der Waals surface area contributed by atoms with E-state index in [-0.39, 0.29) is 5.91 Å². The number of thiophene rings is 1. The van der Waals surface area contributed by atoms with Gasteiger partial charge in [-0.3, -0.25) is 9.69 Å². The fourth-order valence-corrected chi connectivity index (χ4v) is 6.10. The molecule has 3 aromatic rings. The van der Waals surface area contributed by atoms with Crippen molar-refractivity contribution < 1.29 is 9.53 Å². The Labute approximate surface area is 203 Å². The van der Waals surface area contributed by atoms with Crippen LogP contribution in [0.1, 0.15) is 57.9 Å². The number of hydrogen-bond acceptors (Lipinski definition) is 7. The van der Waals surface area contributed by atoms with Crippen molar-refractivity contribution in [3.05, 3.63) is 51.7 Å². The topological polar surface area (TPSA) is 79.4 Å². The van der Waals surface area contributed by atoms with Crippen molar-refractivity contribution in [2.24, 2.45) is 0 Å².